The molecule has 2 fully saturated rings. The van der Waals surface area contributed by atoms with Crippen molar-refractivity contribution in [3.8, 4) is 5.88 Å². The van der Waals surface area contributed by atoms with Crippen LogP contribution in [-0.4, -0.2) is 58.5 Å². The molecule has 1 spiro atoms. The van der Waals surface area contributed by atoms with Gasteiger partial charge in [0.1, 0.15) is 11.9 Å². The minimum atomic E-state index is -5.08. The fraction of sp³-hybridized carbons (Fsp3) is 0.474. The Balaban J connectivity index is 0.000000318. The molecule has 1 unspecified atom stereocenters. The molecule has 1 atom stereocenters. The standard InChI is InChI=1S/C17H19FN2O3.C2HF3O2/c18-15-4-1-6-19-16(15)23-13-5-8-22-17(9-13)11-20(12-17)10-14-3-2-7-21-14;3-2(4,5)1(6)7/h1-4,6-7,13H,5,8-12H2;(H,6,7). The molecule has 2 saturated heterocycles. The van der Waals surface area contributed by atoms with Gasteiger partial charge in [0.05, 0.1) is 25.0 Å². The van der Waals surface area contributed by atoms with Crippen LogP contribution in [0.1, 0.15) is 18.6 Å². The molecule has 0 aromatic carbocycles. The average Bonchev–Trinajstić information content (AvgIpc) is 3.16. The lowest BCUT2D eigenvalue weighted by molar-refractivity contribution is -0.192. The number of carboxylic acid groups (broad SMARTS) is 1. The Morgan fingerprint density at radius 2 is 2.07 bits per heavy atom. The second-order valence-corrected chi connectivity index (χ2v) is 7.08. The third-order valence-electron chi connectivity index (χ3n) is 4.68. The van der Waals surface area contributed by atoms with E-state index < -0.39 is 18.0 Å². The molecule has 164 valence electrons. The maximum atomic E-state index is 13.7. The average molecular weight is 432 g/mol. The second-order valence-electron chi connectivity index (χ2n) is 7.08. The Morgan fingerprint density at radius 1 is 1.33 bits per heavy atom. The van der Waals surface area contributed by atoms with Crippen molar-refractivity contribution in [1.29, 1.82) is 0 Å². The van der Waals surface area contributed by atoms with E-state index in [1.54, 1.807) is 18.5 Å². The van der Waals surface area contributed by atoms with Crippen molar-refractivity contribution in [3.05, 3.63) is 48.3 Å². The summed E-state index contributed by atoms with van der Waals surface area (Å²) in [5.74, 6) is -2.13. The molecule has 2 aromatic heterocycles. The molecule has 30 heavy (non-hydrogen) atoms. The molecule has 0 bridgehead atoms. The highest BCUT2D eigenvalue weighted by Gasteiger charge is 2.48. The number of nitrogens with zero attached hydrogens (tertiary/aromatic N) is 2. The lowest BCUT2D eigenvalue weighted by atomic mass is 9.84. The Bertz CT molecular complexity index is 838. The first kappa shape index (κ1) is 22.0. The van der Waals surface area contributed by atoms with Crippen LogP contribution in [0.25, 0.3) is 0 Å². The van der Waals surface area contributed by atoms with Crippen LogP contribution in [-0.2, 0) is 16.1 Å². The van der Waals surface area contributed by atoms with E-state index in [0.717, 1.165) is 38.2 Å². The summed E-state index contributed by atoms with van der Waals surface area (Å²) in [6, 6.07) is 6.80. The smallest absolute Gasteiger partial charge is 0.475 e. The summed E-state index contributed by atoms with van der Waals surface area (Å²) in [4.78, 5) is 15.1. The van der Waals surface area contributed by atoms with Gasteiger partial charge in [0.2, 0.25) is 0 Å². The number of hydrogen-bond acceptors (Lipinski definition) is 6. The van der Waals surface area contributed by atoms with Gasteiger partial charge >= 0.3 is 12.1 Å². The predicted octanol–water partition coefficient (Wildman–Crippen LogP) is 3.26. The highest BCUT2D eigenvalue weighted by atomic mass is 19.4. The first-order valence-corrected chi connectivity index (χ1v) is 9.13. The number of halogens is 4. The van der Waals surface area contributed by atoms with Crippen LogP contribution in [0.15, 0.2) is 41.1 Å². The molecule has 4 heterocycles. The second kappa shape index (κ2) is 9.00. The number of pyridine rings is 1. The largest absolute Gasteiger partial charge is 0.490 e. The third-order valence-corrected chi connectivity index (χ3v) is 4.68. The number of aliphatic carboxylic acids is 1. The van der Waals surface area contributed by atoms with Gasteiger partial charge in [-0.05, 0) is 24.3 Å². The zero-order valence-corrected chi connectivity index (χ0v) is 15.8. The molecule has 0 aliphatic carbocycles. The lowest BCUT2D eigenvalue weighted by Gasteiger charge is -2.52. The topological polar surface area (TPSA) is 85.0 Å². The van der Waals surface area contributed by atoms with Gasteiger partial charge in [-0.1, -0.05) is 0 Å². The molecular formula is C19H20F4N2O5. The van der Waals surface area contributed by atoms with Crippen LogP contribution < -0.4 is 4.74 Å². The molecule has 4 rings (SSSR count). The van der Waals surface area contributed by atoms with Crippen LogP contribution in [0.3, 0.4) is 0 Å². The first-order valence-electron chi connectivity index (χ1n) is 9.13. The fourth-order valence-electron chi connectivity index (χ4n) is 3.42. The van der Waals surface area contributed by atoms with Gasteiger partial charge in [-0.2, -0.15) is 13.2 Å². The maximum absolute atomic E-state index is 13.7. The van der Waals surface area contributed by atoms with Crippen LogP contribution in [0, 0.1) is 5.82 Å². The first-order chi connectivity index (χ1) is 14.2. The molecule has 11 heteroatoms. The number of carbonyl (C=O) groups is 1. The molecule has 1 N–H and O–H groups in total. The number of carboxylic acids is 1. The van der Waals surface area contributed by atoms with Crippen LogP contribution in [0.5, 0.6) is 5.88 Å². The fourth-order valence-corrected chi connectivity index (χ4v) is 3.42. The summed E-state index contributed by atoms with van der Waals surface area (Å²) >= 11 is 0. The van der Waals surface area contributed by atoms with E-state index in [0.29, 0.717) is 6.61 Å². The van der Waals surface area contributed by atoms with Gasteiger partial charge in [-0.15, -0.1) is 0 Å². The zero-order chi connectivity index (χ0) is 21.8. The van der Waals surface area contributed by atoms with Crippen LogP contribution in [0.4, 0.5) is 17.6 Å². The minimum absolute atomic E-state index is 0.0566. The van der Waals surface area contributed by atoms with E-state index in [2.05, 4.69) is 9.88 Å². The van der Waals surface area contributed by atoms with E-state index in [9.17, 15) is 17.6 Å². The Labute approximate surface area is 169 Å². The van der Waals surface area contributed by atoms with Crippen molar-refractivity contribution in [1.82, 2.24) is 9.88 Å². The van der Waals surface area contributed by atoms with Gasteiger partial charge < -0.3 is 19.0 Å². The summed E-state index contributed by atoms with van der Waals surface area (Å²) in [6.07, 6.45) is -0.387. The number of hydrogen-bond donors (Lipinski definition) is 1. The predicted molar refractivity (Wildman–Crippen MR) is 94.2 cm³/mol. The van der Waals surface area contributed by atoms with E-state index >= 15 is 0 Å². The maximum Gasteiger partial charge on any atom is 0.490 e. The molecule has 7 nitrogen and oxygen atoms in total. The van der Waals surface area contributed by atoms with Crippen molar-refractivity contribution in [2.24, 2.45) is 0 Å². The number of alkyl halides is 3. The summed E-state index contributed by atoms with van der Waals surface area (Å²) in [5.41, 5.74) is -0.180. The van der Waals surface area contributed by atoms with Crippen LogP contribution in [0.2, 0.25) is 0 Å². The summed E-state index contributed by atoms with van der Waals surface area (Å²) in [6.45, 7) is 3.11. The Morgan fingerprint density at radius 3 is 2.67 bits per heavy atom. The molecule has 2 aliphatic rings. The molecule has 0 amide bonds. The highest BCUT2D eigenvalue weighted by Crippen LogP contribution is 2.36. The molecular weight excluding hydrogens is 412 g/mol. The zero-order valence-electron chi connectivity index (χ0n) is 15.8. The highest BCUT2D eigenvalue weighted by molar-refractivity contribution is 5.73. The Hall–Kier alpha value is -2.66. The van der Waals surface area contributed by atoms with Crippen molar-refractivity contribution >= 4 is 5.97 Å². The van der Waals surface area contributed by atoms with Gasteiger partial charge in [0.25, 0.3) is 5.88 Å². The van der Waals surface area contributed by atoms with E-state index in [1.165, 1.54) is 6.07 Å². The molecule has 0 radical (unpaired) electrons. The molecule has 2 aliphatic heterocycles. The SMILES string of the molecule is Fc1cccnc1OC1CCOC2(C1)CN(Cc1ccco1)C2.O=C(O)C(F)(F)F. The quantitative estimate of drug-likeness (QED) is 0.743. The van der Waals surface area contributed by atoms with Gasteiger partial charge in [0.15, 0.2) is 5.82 Å². The molecule has 2 aromatic rings. The van der Waals surface area contributed by atoms with Crippen molar-refractivity contribution < 1.29 is 41.4 Å². The van der Waals surface area contributed by atoms with Gasteiger partial charge in [0, 0.05) is 32.1 Å². The number of likely N-dealkylation sites (tertiary alicyclic amines) is 1. The number of ether oxygens (including phenoxy) is 2. The van der Waals surface area contributed by atoms with Crippen molar-refractivity contribution in [2.45, 2.75) is 37.3 Å². The monoisotopic (exact) mass is 432 g/mol. The number of furan rings is 1. The van der Waals surface area contributed by atoms with Crippen molar-refractivity contribution in [2.75, 3.05) is 19.7 Å². The van der Waals surface area contributed by atoms with E-state index in [-0.39, 0.29) is 17.6 Å². The van der Waals surface area contributed by atoms with E-state index in [4.69, 9.17) is 23.8 Å². The van der Waals surface area contributed by atoms with E-state index in [1.807, 2.05) is 12.1 Å². The summed E-state index contributed by atoms with van der Waals surface area (Å²) in [5, 5.41) is 7.12. The minimum Gasteiger partial charge on any atom is -0.475 e. The van der Waals surface area contributed by atoms with Crippen LogP contribution >= 0.6 is 0 Å². The molecule has 0 saturated carbocycles. The number of aromatic nitrogens is 1. The third kappa shape index (κ3) is 5.70. The van der Waals surface area contributed by atoms with Gasteiger partial charge in [-0.3, -0.25) is 4.90 Å². The van der Waals surface area contributed by atoms with Crippen molar-refractivity contribution in [3.63, 3.8) is 0 Å². The summed E-state index contributed by atoms with van der Waals surface area (Å²) < 4.78 is 62.5. The Kier molecular flexibility index (Phi) is 6.61. The number of rotatable bonds is 4. The summed E-state index contributed by atoms with van der Waals surface area (Å²) in [7, 11) is 0. The van der Waals surface area contributed by atoms with Gasteiger partial charge in [-0.25, -0.2) is 14.2 Å². The lowest BCUT2D eigenvalue weighted by Crippen LogP contribution is -2.65. The normalized spacial score (nSPS) is 20.7.